The highest BCUT2D eigenvalue weighted by Gasteiger charge is 2.25. The molecule has 21 heavy (non-hydrogen) atoms. The van der Waals surface area contributed by atoms with Crippen molar-refractivity contribution in [2.75, 3.05) is 39.4 Å². The Balaban J connectivity index is 2.78. The minimum absolute atomic E-state index is 0.00407. The zero-order valence-corrected chi connectivity index (χ0v) is 12.0. The van der Waals surface area contributed by atoms with Gasteiger partial charge in [-0.2, -0.15) is 5.26 Å². The van der Waals surface area contributed by atoms with Gasteiger partial charge in [-0.1, -0.05) is 0 Å². The molecule has 0 spiro atoms. The van der Waals surface area contributed by atoms with Gasteiger partial charge in [0.1, 0.15) is 29.6 Å². The van der Waals surface area contributed by atoms with E-state index in [1.807, 2.05) is 6.07 Å². The van der Waals surface area contributed by atoms with Crippen molar-refractivity contribution in [3.05, 3.63) is 16.9 Å². The summed E-state index contributed by atoms with van der Waals surface area (Å²) in [4.78, 5) is 23.2. The molecule has 0 saturated heterocycles. The van der Waals surface area contributed by atoms with E-state index in [0.29, 0.717) is 6.61 Å². The Morgan fingerprint density at radius 1 is 1.33 bits per heavy atom. The van der Waals surface area contributed by atoms with Gasteiger partial charge in [-0.15, -0.1) is 0 Å². The lowest BCUT2D eigenvalue weighted by molar-refractivity contribution is -0.121. The van der Waals surface area contributed by atoms with Crippen molar-refractivity contribution in [1.82, 2.24) is 0 Å². The van der Waals surface area contributed by atoms with E-state index in [0.717, 1.165) is 0 Å². The molecule has 0 atom stereocenters. The number of carbonyl (C=O) groups is 2. The van der Waals surface area contributed by atoms with Crippen LogP contribution in [0.5, 0.6) is 0 Å². The number of nitrogens with one attached hydrogen (secondary N) is 1. The molecule has 0 bridgehead atoms. The van der Waals surface area contributed by atoms with Crippen molar-refractivity contribution in [3.8, 4) is 6.07 Å². The predicted octanol–water partition coefficient (Wildman–Crippen LogP) is 0.848. The van der Waals surface area contributed by atoms with E-state index in [1.165, 1.54) is 21.1 Å². The quantitative estimate of drug-likeness (QED) is 0.586. The lowest BCUT2D eigenvalue weighted by Crippen LogP contribution is -2.20. The third-order valence-electron chi connectivity index (χ3n) is 2.50. The van der Waals surface area contributed by atoms with Gasteiger partial charge in [0.05, 0.1) is 20.3 Å². The van der Waals surface area contributed by atoms with Crippen LogP contribution in [0.15, 0.2) is 4.42 Å². The van der Waals surface area contributed by atoms with Crippen LogP contribution in [-0.4, -0.2) is 45.9 Å². The standard InChI is InChI=1S/C13H16N2O6/c1-8-11(13(17)19-3)9(6-14)12(21-8)15-10(16)7-20-5-4-18-2/h4-5,7H2,1-3H3,(H,15,16). The van der Waals surface area contributed by atoms with Crippen LogP contribution in [0.25, 0.3) is 0 Å². The zero-order valence-electron chi connectivity index (χ0n) is 12.0. The van der Waals surface area contributed by atoms with Crippen LogP contribution in [-0.2, 0) is 19.0 Å². The molecule has 0 aromatic carbocycles. The second-order valence-electron chi connectivity index (χ2n) is 3.93. The number of hydrogen-bond acceptors (Lipinski definition) is 7. The fraction of sp³-hybridized carbons (Fsp3) is 0.462. The summed E-state index contributed by atoms with van der Waals surface area (Å²) in [7, 11) is 2.71. The monoisotopic (exact) mass is 296 g/mol. The fourth-order valence-electron chi connectivity index (χ4n) is 1.56. The molecule has 1 aromatic heterocycles. The third-order valence-corrected chi connectivity index (χ3v) is 2.50. The van der Waals surface area contributed by atoms with Crippen molar-refractivity contribution >= 4 is 17.8 Å². The molecule has 0 unspecified atom stereocenters. The van der Waals surface area contributed by atoms with Gasteiger partial charge in [-0.05, 0) is 6.92 Å². The Kier molecular flexibility index (Phi) is 6.39. The predicted molar refractivity (Wildman–Crippen MR) is 70.8 cm³/mol. The first-order valence-electron chi connectivity index (χ1n) is 6.03. The summed E-state index contributed by atoms with van der Waals surface area (Å²) >= 11 is 0. The van der Waals surface area contributed by atoms with E-state index < -0.39 is 11.9 Å². The number of esters is 1. The number of furan rings is 1. The first-order valence-corrected chi connectivity index (χ1v) is 6.03. The number of carbonyl (C=O) groups excluding carboxylic acids is 2. The SMILES string of the molecule is COCCOCC(=O)Nc1oc(C)c(C(=O)OC)c1C#N. The summed E-state index contributed by atoms with van der Waals surface area (Å²) in [5, 5.41) is 11.5. The number of anilines is 1. The molecular weight excluding hydrogens is 280 g/mol. The van der Waals surface area contributed by atoms with Crippen LogP contribution < -0.4 is 5.32 Å². The van der Waals surface area contributed by atoms with Crippen molar-refractivity contribution < 1.29 is 28.2 Å². The summed E-state index contributed by atoms with van der Waals surface area (Å²) in [6.45, 7) is 1.90. The van der Waals surface area contributed by atoms with E-state index in [1.54, 1.807) is 0 Å². The molecular formula is C13H16N2O6. The Morgan fingerprint density at radius 2 is 2.05 bits per heavy atom. The Labute approximate surface area is 121 Å². The molecule has 8 nitrogen and oxygen atoms in total. The van der Waals surface area contributed by atoms with E-state index >= 15 is 0 Å². The van der Waals surface area contributed by atoms with Crippen LogP contribution in [0.4, 0.5) is 5.88 Å². The third kappa shape index (κ3) is 4.30. The van der Waals surface area contributed by atoms with E-state index in [4.69, 9.17) is 19.2 Å². The van der Waals surface area contributed by atoms with Gasteiger partial charge in [0.15, 0.2) is 0 Å². The molecule has 1 aromatic rings. The maximum absolute atomic E-state index is 11.6. The van der Waals surface area contributed by atoms with Gasteiger partial charge in [0.2, 0.25) is 5.88 Å². The number of rotatable bonds is 7. The number of nitriles is 1. The van der Waals surface area contributed by atoms with Crippen molar-refractivity contribution in [1.29, 1.82) is 5.26 Å². The average Bonchev–Trinajstić information content (AvgIpc) is 2.78. The van der Waals surface area contributed by atoms with E-state index in [-0.39, 0.29) is 36.0 Å². The number of hydrogen-bond donors (Lipinski definition) is 1. The van der Waals surface area contributed by atoms with Gasteiger partial charge in [-0.25, -0.2) is 4.79 Å². The summed E-state index contributed by atoms with van der Waals surface area (Å²) < 4.78 is 19.6. The fourth-order valence-corrected chi connectivity index (χ4v) is 1.56. The molecule has 0 fully saturated rings. The highest BCUT2D eigenvalue weighted by molar-refractivity contribution is 5.98. The van der Waals surface area contributed by atoms with Crippen molar-refractivity contribution in [3.63, 3.8) is 0 Å². The van der Waals surface area contributed by atoms with Crippen LogP contribution in [0, 0.1) is 18.3 Å². The lowest BCUT2D eigenvalue weighted by Gasteiger charge is -2.04. The summed E-state index contributed by atoms with van der Waals surface area (Å²) in [6.07, 6.45) is 0. The van der Waals surface area contributed by atoms with Crippen molar-refractivity contribution in [2.24, 2.45) is 0 Å². The first-order chi connectivity index (χ1) is 10.0. The van der Waals surface area contributed by atoms with E-state index in [2.05, 4.69) is 10.1 Å². The maximum atomic E-state index is 11.6. The topological polar surface area (TPSA) is 111 Å². The van der Waals surface area contributed by atoms with Crippen molar-refractivity contribution in [2.45, 2.75) is 6.92 Å². The van der Waals surface area contributed by atoms with Crippen LogP contribution in [0.1, 0.15) is 21.7 Å². The summed E-state index contributed by atoms with van der Waals surface area (Å²) in [5.41, 5.74) is -0.0832. The van der Waals surface area contributed by atoms with Gasteiger partial charge in [0.25, 0.3) is 5.91 Å². The smallest absolute Gasteiger partial charge is 0.342 e. The molecule has 0 radical (unpaired) electrons. The highest BCUT2D eigenvalue weighted by atomic mass is 16.5. The molecule has 1 amide bonds. The lowest BCUT2D eigenvalue weighted by atomic mass is 10.1. The molecule has 1 rings (SSSR count). The molecule has 1 heterocycles. The minimum atomic E-state index is -0.704. The number of methoxy groups -OCH3 is 2. The molecule has 0 aliphatic carbocycles. The number of aryl methyl sites for hydroxylation is 1. The number of amides is 1. The maximum Gasteiger partial charge on any atom is 0.342 e. The minimum Gasteiger partial charge on any atom is -0.465 e. The van der Waals surface area contributed by atoms with Gasteiger partial charge in [0, 0.05) is 7.11 Å². The second-order valence-corrected chi connectivity index (χ2v) is 3.93. The molecule has 114 valence electrons. The normalized spacial score (nSPS) is 10.0. The summed E-state index contributed by atoms with van der Waals surface area (Å²) in [5.74, 6) is -1.12. The van der Waals surface area contributed by atoms with Crippen LogP contribution in [0.3, 0.4) is 0 Å². The Hall–Kier alpha value is -2.37. The largest absolute Gasteiger partial charge is 0.465 e. The molecule has 0 aliphatic rings. The molecule has 1 N–H and O–H groups in total. The molecule has 8 heteroatoms. The molecule has 0 saturated carbocycles. The van der Waals surface area contributed by atoms with Crippen LogP contribution in [0.2, 0.25) is 0 Å². The Morgan fingerprint density at radius 3 is 2.62 bits per heavy atom. The second kappa shape index (κ2) is 8.04. The molecule has 0 aliphatic heterocycles. The Bertz CT molecular complexity index is 558. The van der Waals surface area contributed by atoms with Gasteiger partial charge in [-0.3, -0.25) is 10.1 Å². The number of nitrogens with zero attached hydrogens (tertiary/aromatic N) is 1. The number of ether oxygens (including phenoxy) is 3. The highest BCUT2D eigenvalue weighted by Crippen LogP contribution is 2.26. The summed E-state index contributed by atoms with van der Waals surface area (Å²) in [6, 6.07) is 1.81. The van der Waals surface area contributed by atoms with Gasteiger partial charge >= 0.3 is 5.97 Å². The van der Waals surface area contributed by atoms with E-state index in [9.17, 15) is 9.59 Å². The van der Waals surface area contributed by atoms with Gasteiger partial charge < -0.3 is 18.6 Å². The van der Waals surface area contributed by atoms with Crippen LogP contribution >= 0.6 is 0 Å². The average molecular weight is 296 g/mol. The zero-order chi connectivity index (χ0) is 15.8. The first kappa shape index (κ1) is 16.7.